The van der Waals surface area contributed by atoms with Gasteiger partial charge < -0.3 is 18.2 Å². The molecule has 5 nitrogen and oxygen atoms in total. The third kappa shape index (κ3) is 3.47. The van der Waals surface area contributed by atoms with Gasteiger partial charge in [0.2, 0.25) is 5.89 Å². The summed E-state index contributed by atoms with van der Waals surface area (Å²) in [7, 11) is 0. The van der Waals surface area contributed by atoms with Crippen molar-refractivity contribution < 1.29 is 13.3 Å². The number of rotatable bonds is 4. The van der Waals surface area contributed by atoms with E-state index in [9.17, 15) is 0 Å². The number of hydrogen-bond donors (Lipinski definition) is 0. The Bertz CT molecular complexity index is 2400. The molecule has 3 aromatic heterocycles. The molecule has 9 aromatic rings. The molecular formula is C37H22N2O3. The smallest absolute Gasteiger partial charge is 0.228 e. The van der Waals surface area contributed by atoms with E-state index < -0.39 is 0 Å². The van der Waals surface area contributed by atoms with Crippen molar-refractivity contribution >= 4 is 72.0 Å². The molecule has 6 aromatic carbocycles. The zero-order chi connectivity index (χ0) is 27.6. The Morgan fingerprint density at radius 3 is 1.90 bits per heavy atom. The molecule has 0 saturated heterocycles. The topological polar surface area (TPSA) is 55.6 Å². The van der Waals surface area contributed by atoms with E-state index in [1.165, 1.54) is 0 Å². The lowest BCUT2D eigenvalue weighted by atomic mass is 10.1. The first-order chi connectivity index (χ1) is 20.8. The molecule has 3 heterocycles. The van der Waals surface area contributed by atoms with Crippen molar-refractivity contribution in [1.82, 2.24) is 4.98 Å². The Labute approximate surface area is 239 Å². The summed E-state index contributed by atoms with van der Waals surface area (Å²) >= 11 is 0. The van der Waals surface area contributed by atoms with Crippen LogP contribution in [0.25, 0.3) is 66.4 Å². The van der Waals surface area contributed by atoms with Crippen LogP contribution in [-0.4, -0.2) is 4.98 Å². The van der Waals surface area contributed by atoms with Gasteiger partial charge in [-0.1, -0.05) is 54.6 Å². The number of fused-ring (bicyclic) bond motifs is 7. The zero-order valence-electron chi connectivity index (χ0n) is 22.3. The van der Waals surface area contributed by atoms with Gasteiger partial charge in [-0.3, -0.25) is 0 Å². The summed E-state index contributed by atoms with van der Waals surface area (Å²) in [6.45, 7) is 0. The van der Waals surface area contributed by atoms with E-state index in [0.29, 0.717) is 5.89 Å². The van der Waals surface area contributed by atoms with Crippen LogP contribution < -0.4 is 4.90 Å². The van der Waals surface area contributed by atoms with Crippen LogP contribution in [0.4, 0.5) is 17.1 Å². The second-order valence-electron chi connectivity index (χ2n) is 10.4. The van der Waals surface area contributed by atoms with Gasteiger partial charge in [-0.2, -0.15) is 0 Å². The van der Waals surface area contributed by atoms with Crippen molar-refractivity contribution in [3.8, 4) is 11.5 Å². The lowest BCUT2D eigenvalue weighted by molar-refractivity contribution is 0.620. The molecule has 9 rings (SSSR count). The molecule has 0 amide bonds. The monoisotopic (exact) mass is 542 g/mol. The molecule has 0 fully saturated rings. The van der Waals surface area contributed by atoms with Crippen molar-refractivity contribution in [1.29, 1.82) is 0 Å². The predicted molar refractivity (Wildman–Crippen MR) is 169 cm³/mol. The molecule has 0 aliphatic rings. The molecule has 0 saturated carbocycles. The maximum absolute atomic E-state index is 6.45. The second-order valence-corrected chi connectivity index (χ2v) is 10.4. The Kier molecular flexibility index (Phi) is 4.83. The van der Waals surface area contributed by atoms with Crippen molar-refractivity contribution in [2.24, 2.45) is 0 Å². The van der Waals surface area contributed by atoms with E-state index in [1.807, 2.05) is 78.9 Å². The molecular weight excluding hydrogens is 520 g/mol. The molecule has 0 atom stereocenters. The minimum atomic E-state index is 0.582. The van der Waals surface area contributed by atoms with Gasteiger partial charge in [-0.05, 0) is 66.7 Å². The van der Waals surface area contributed by atoms with E-state index in [2.05, 4.69) is 59.5 Å². The van der Waals surface area contributed by atoms with Gasteiger partial charge in [0.25, 0.3) is 0 Å². The Balaban J connectivity index is 1.22. The highest BCUT2D eigenvalue weighted by atomic mass is 16.4. The Morgan fingerprint density at radius 2 is 1.07 bits per heavy atom. The fraction of sp³-hybridized carbons (Fsp3) is 0. The third-order valence-electron chi connectivity index (χ3n) is 7.90. The van der Waals surface area contributed by atoms with Crippen LogP contribution in [0.2, 0.25) is 0 Å². The number of furan rings is 2. The van der Waals surface area contributed by atoms with Gasteiger partial charge in [0.1, 0.15) is 27.8 Å². The fourth-order valence-electron chi connectivity index (χ4n) is 6.00. The highest BCUT2D eigenvalue weighted by Crippen LogP contribution is 2.42. The minimum absolute atomic E-state index is 0.582. The normalized spacial score (nSPS) is 11.8. The van der Waals surface area contributed by atoms with Crippen LogP contribution >= 0.6 is 0 Å². The first-order valence-electron chi connectivity index (χ1n) is 13.9. The van der Waals surface area contributed by atoms with E-state index in [-0.39, 0.29) is 0 Å². The summed E-state index contributed by atoms with van der Waals surface area (Å²) < 4.78 is 18.8. The molecule has 0 radical (unpaired) electrons. The number of para-hydroxylation sites is 4. The van der Waals surface area contributed by atoms with Gasteiger partial charge in [-0.25, -0.2) is 4.98 Å². The molecule has 0 unspecified atom stereocenters. The standard InChI is InChI=1S/C37H22N2O3/c1-2-9-23(10-3-1)39(24-17-19-27-26-11-4-6-14-31(26)40-34(27)21-24)25-18-20-28-35(22-25)41-33-16-8-12-29(36(28)33)37-38-30-13-5-7-15-32(30)42-37/h1-22H. The predicted octanol–water partition coefficient (Wildman–Crippen LogP) is 10.8. The SMILES string of the molecule is c1ccc(N(c2ccc3c(c2)oc2ccccc23)c2ccc3c(c2)oc2cccc(-c4nc5ccccc5o4)c23)cc1. The van der Waals surface area contributed by atoms with Crippen LogP contribution in [0.3, 0.4) is 0 Å². The number of aromatic nitrogens is 1. The second kappa shape index (κ2) is 8.85. The number of hydrogen-bond acceptors (Lipinski definition) is 5. The average molecular weight is 543 g/mol. The minimum Gasteiger partial charge on any atom is -0.456 e. The summed E-state index contributed by atoms with van der Waals surface area (Å²) in [5.41, 5.74) is 8.83. The zero-order valence-corrected chi connectivity index (χ0v) is 22.3. The van der Waals surface area contributed by atoms with E-state index >= 15 is 0 Å². The highest BCUT2D eigenvalue weighted by molar-refractivity contribution is 6.13. The molecule has 0 bridgehead atoms. The van der Waals surface area contributed by atoms with Gasteiger partial charge in [0.15, 0.2) is 5.58 Å². The van der Waals surface area contributed by atoms with Crippen molar-refractivity contribution in [2.75, 3.05) is 4.90 Å². The first kappa shape index (κ1) is 22.9. The van der Waals surface area contributed by atoms with Gasteiger partial charge in [-0.15, -0.1) is 0 Å². The van der Waals surface area contributed by atoms with Crippen LogP contribution in [0.5, 0.6) is 0 Å². The molecule has 42 heavy (non-hydrogen) atoms. The lowest BCUT2D eigenvalue weighted by Crippen LogP contribution is -2.09. The van der Waals surface area contributed by atoms with E-state index in [1.54, 1.807) is 0 Å². The lowest BCUT2D eigenvalue weighted by Gasteiger charge is -2.25. The Morgan fingerprint density at radius 1 is 0.429 bits per heavy atom. The molecule has 198 valence electrons. The number of oxazole rings is 1. The van der Waals surface area contributed by atoms with Crippen LogP contribution in [0.15, 0.2) is 147 Å². The molecule has 0 aliphatic heterocycles. The molecule has 0 spiro atoms. The van der Waals surface area contributed by atoms with Crippen molar-refractivity contribution in [3.05, 3.63) is 133 Å². The number of nitrogens with zero attached hydrogens (tertiary/aromatic N) is 2. The number of benzene rings is 6. The number of anilines is 3. The van der Waals surface area contributed by atoms with Crippen molar-refractivity contribution in [2.45, 2.75) is 0 Å². The van der Waals surface area contributed by atoms with Gasteiger partial charge >= 0.3 is 0 Å². The van der Waals surface area contributed by atoms with Crippen LogP contribution in [-0.2, 0) is 0 Å². The molecule has 0 N–H and O–H groups in total. The summed E-state index contributed by atoms with van der Waals surface area (Å²) in [5.74, 6) is 0.582. The summed E-state index contributed by atoms with van der Waals surface area (Å²) in [4.78, 5) is 6.98. The Hall–Kier alpha value is -5.81. The maximum atomic E-state index is 6.45. The van der Waals surface area contributed by atoms with E-state index in [4.69, 9.17) is 18.2 Å². The fourth-order valence-corrected chi connectivity index (χ4v) is 6.00. The third-order valence-corrected chi connectivity index (χ3v) is 7.90. The highest BCUT2D eigenvalue weighted by Gasteiger charge is 2.20. The molecule has 5 heteroatoms. The van der Waals surface area contributed by atoms with Crippen LogP contribution in [0, 0.1) is 0 Å². The molecule has 0 aliphatic carbocycles. The summed E-state index contributed by atoms with van der Waals surface area (Å²) in [6, 6.07) is 45.1. The van der Waals surface area contributed by atoms with Crippen molar-refractivity contribution in [3.63, 3.8) is 0 Å². The van der Waals surface area contributed by atoms with Gasteiger partial charge in [0.05, 0.1) is 0 Å². The summed E-state index contributed by atoms with van der Waals surface area (Å²) in [6.07, 6.45) is 0. The average Bonchev–Trinajstić information content (AvgIpc) is 3.74. The first-order valence-corrected chi connectivity index (χ1v) is 13.9. The van der Waals surface area contributed by atoms with E-state index in [0.717, 1.165) is 77.6 Å². The maximum Gasteiger partial charge on any atom is 0.228 e. The van der Waals surface area contributed by atoms with Crippen LogP contribution in [0.1, 0.15) is 0 Å². The van der Waals surface area contributed by atoms with Gasteiger partial charge in [0, 0.05) is 56.3 Å². The summed E-state index contributed by atoms with van der Waals surface area (Å²) in [5, 5.41) is 4.21. The largest absolute Gasteiger partial charge is 0.456 e. The quantitative estimate of drug-likeness (QED) is 0.221.